The molecule has 0 N–H and O–H groups in total. The molecule has 7 heteroatoms. The standard InChI is InChI=1S/C17H17N3O3S/c1-10-13-5-3-4-6-15(13)19-17(18-10)24-16-8-7-12(20(22)23)9-14(16)11(2)21/h7-9H,3-6H2,1-2H3. The predicted molar refractivity (Wildman–Crippen MR) is 90.6 cm³/mol. The molecule has 1 aromatic heterocycles. The third-order valence-electron chi connectivity index (χ3n) is 4.12. The maximum atomic E-state index is 11.9. The number of Topliss-reactive ketones (excluding diaryl/α,β-unsaturated/α-hetero) is 1. The molecule has 1 aliphatic carbocycles. The quantitative estimate of drug-likeness (QED) is 0.362. The predicted octanol–water partition coefficient (Wildman–Crippen LogP) is 3.93. The average Bonchev–Trinajstić information content (AvgIpc) is 2.55. The topological polar surface area (TPSA) is 86.0 Å². The zero-order chi connectivity index (χ0) is 17.3. The first-order valence-corrected chi connectivity index (χ1v) is 8.61. The minimum absolute atomic E-state index is 0.0907. The molecule has 2 aromatic rings. The zero-order valence-corrected chi connectivity index (χ0v) is 14.4. The van der Waals surface area contributed by atoms with Gasteiger partial charge in [0, 0.05) is 34.0 Å². The maximum Gasteiger partial charge on any atom is 0.270 e. The Morgan fingerprint density at radius 2 is 2.00 bits per heavy atom. The van der Waals surface area contributed by atoms with Gasteiger partial charge in [0.2, 0.25) is 0 Å². The average molecular weight is 343 g/mol. The van der Waals surface area contributed by atoms with Crippen LogP contribution >= 0.6 is 11.8 Å². The van der Waals surface area contributed by atoms with E-state index in [1.807, 2.05) is 6.92 Å². The molecule has 3 rings (SSSR count). The number of aryl methyl sites for hydroxylation is 2. The number of fused-ring (bicyclic) bond motifs is 1. The summed E-state index contributed by atoms with van der Waals surface area (Å²) in [5.41, 5.74) is 3.54. The van der Waals surface area contributed by atoms with Gasteiger partial charge >= 0.3 is 0 Å². The molecule has 0 amide bonds. The minimum atomic E-state index is -0.500. The summed E-state index contributed by atoms with van der Waals surface area (Å²) in [5.74, 6) is -0.212. The van der Waals surface area contributed by atoms with Gasteiger partial charge in [0.1, 0.15) is 0 Å². The van der Waals surface area contributed by atoms with Gasteiger partial charge in [-0.2, -0.15) is 0 Å². The van der Waals surface area contributed by atoms with Crippen LogP contribution in [0.2, 0.25) is 0 Å². The lowest BCUT2D eigenvalue weighted by Gasteiger charge is -2.17. The normalized spacial score (nSPS) is 13.4. The summed E-state index contributed by atoms with van der Waals surface area (Å²) < 4.78 is 0. The number of nitrogens with zero attached hydrogens (tertiary/aromatic N) is 3. The van der Waals surface area contributed by atoms with E-state index in [-0.39, 0.29) is 11.5 Å². The van der Waals surface area contributed by atoms with Gasteiger partial charge in [-0.15, -0.1) is 0 Å². The highest BCUT2D eigenvalue weighted by atomic mass is 32.2. The van der Waals surface area contributed by atoms with Crippen LogP contribution in [0.5, 0.6) is 0 Å². The van der Waals surface area contributed by atoms with Crippen molar-refractivity contribution >= 4 is 23.2 Å². The monoisotopic (exact) mass is 343 g/mol. The number of carbonyl (C=O) groups is 1. The van der Waals surface area contributed by atoms with Gasteiger partial charge in [-0.1, -0.05) is 0 Å². The second-order valence-corrected chi connectivity index (χ2v) is 6.83. The second-order valence-electron chi connectivity index (χ2n) is 5.82. The summed E-state index contributed by atoms with van der Waals surface area (Å²) in [6.45, 7) is 3.39. The molecular formula is C17H17N3O3S. The first-order chi connectivity index (χ1) is 11.5. The van der Waals surface area contributed by atoms with E-state index >= 15 is 0 Å². The molecule has 6 nitrogen and oxygen atoms in total. The number of rotatable bonds is 4. The van der Waals surface area contributed by atoms with Crippen molar-refractivity contribution in [2.75, 3.05) is 0 Å². The van der Waals surface area contributed by atoms with E-state index in [0.29, 0.717) is 15.6 Å². The Bertz CT molecular complexity index is 836. The van der Waals surface area contributed by atoms with Crippen LogP contribution < -0.4 is 0 Å². The number of non-ortho nitro benzene ring substituents is 1. The van der Waals surface area contributed by atoms with E-state index in [2.05, 4.69) is 9.97 Å². The smallest absolute Gasteiger partial charge is 0.270 e. The van der Waals surface area contributed by atoms with Crippen molar-refractivity contribution in [2.24, 2.45) is 0 Å². The molecule has 24 heavy (non-hydrogen) atoms. The Balaban J connectivity index is 1.98. The fourth-order valence-corrected chi connectivity index (χ4v) is 3.88. The highest BCUT2D eigenvalue weighted by Gasteiger charge is 2.19. The highest BCUT2D eigenvalue weighted by molar-refractivity contribution is 7.99. The number of benzene rings is 1. The third-order valence-corrected chi connectivity index (χ3v) is 5.06. The fourth-order valence-electron chi connectivity index (χ4n) is 2.89. The minimum Gasteiger partial charge on any atom is -0.294 e. The van der Waals surface area contributed by atoms with E-state index < -0.39 is 4.92 Å². The number of nitro benzene ring substituents is 1. The molecule has 0 unspecified atom stereocenters. The van der Waals surface area contributed by atoms with Crippen molar-refractivity contribution < 1.29 is 9.72 Å². The van der Waals surface area contributed by atoms with E-state index in [1.165, 1.54) is 42.8 Å². The van der Waals surface area contributed by atoms with Gasteiger partial charge < -0.3 is 0 Å². The summed E-state index contributed by atoms with van der Waals surface area (Å²) >= 11 is 1.28. The van der Waals surface area contributed by atoms with Gasteiger partial charge in [0.05, 0.1) is 4.92 Å². The Hall–Kier alpha value is -2.28. The largest absolute Gasteiger partial charge is 0.294 e. The van der Waals surface area contributed by atoms with E-state index in [0.717, 1.165) is 30.7 Å². The van der Waals surface area contributed by atoms with Gasteiger partial charge in [0.25, 0.3) is 5.69 Å². The lowest BCUT2D eigenvalue weighted by molar-refractivity contribution is -0.384. The van der Waals surface area contributed by atoms with E-state index in [1.54, 1.807) is 6.07 Å². The van der Waals surface area contributed by atoms with Gasteiger partial charge in [-0.05, 0) is 62.9 Å². The van der Waals surface area contributed by atoms with Crippen molar-refractivity contribution in [2.45, 2.75) is 49.6 Å². The number of hydrogen-bond acceptors (Lipinski definition) is 6. The molecule has 1 aromatic carbocycles. The molecule has 0 bridgehead atoms. The molecule has 1 heterocycles. The van der Waals surface area contributed by atoms with Crippen molar-refractivity contribution in [3.8, 4) is 0 Å². The lowest BCUT2D eigenvalue weighted by Crippen LogP contribution is -2.10. The van der Waals surface area contributed by atoms with Crippen LogP contribution in [0.4, 0.5) is 5.69 Å². The van der Waals surface area contributed by atoms with Crippen LogP contribution in [0.25, 0.3) is 0 Å². The summed E-state index contributed by atoms with van der Waals surface area (Å²) in [4.78, 5) is 32.1. The van der Waals surface area contributed by atoms with Crippen molar-refractivity contribution in [3.63, 3.8) is 0 Å². The van der Waals surface area contributed by atoms with Crippen molar-refractivity contribution in [1.82, 2.24) is 9.97 Å². The molecule has 0 aliphatic heterocycles. The van der Waals surface area contributed by atoms with Gasteiger partial charge in [0.15, 0.2) is 10.9 Å². The Morgan fingerprint density at radius 3 is 2.71 bits per heavy atom. The first-order valence-electron chi connectivity index (χ1n) is 7.79. The summed E-state index contributed by atoms with van der Waals surface area (Å²) in [6, 6.07) is 4.31. The highest BCUT2D eigenvalue weighted by Crippen LogP contribution is 2.33. The Labute approximate surface area is 143 Å². The summed E-state index contributed by atoms with van der Waals surface area (Å²) in [5, 5.41) is 11.5. The number of hydrogen-bond donors (Lipinski definition) is 0. The Morgan fingerprint density at radius 1 is 1.25 bits per heavy atom. The van der Waals surface area contributed by atoms with E-state index in [9.17, 15) is 14.9 Å². The molecule has 0 saturated carbocycles. The lowest BCUT2D eigenvalue weighted by atomic mass is 9.95. The second kappa shape index (κ2) is 6.68. The van der Waals surface area contributed by atoms with Gasteiger partial charge in [-0.25, -0.2) is 9.97 Å². The van der Waals surface area contributed by atoms with Crippen LogP contribution in [0.15, 0.2) is 28.3 Å². The molecule has 0 radical (unpaired) electrons. The van der Waals surface area contributed by atoms with Crippen LogP contribution in [-0.2, 0) is 12.8 Å². The van der Waals surface area contributed by atoms with Crippen LogP contribution in [0.3, 0.4) is 0 Å². The molecule has 0 atom stereocenters. The van der Waals surface area contributed by atoms with Crippen molar-refractivity contribution in [1.29, 1.82) is 0 Å². The van der Waals surface area contributed by atoms with Crippen LogP contribution in [0.1, 0.15) is 47.1 Å². The summed E-state index contributed by atoms with van der Waals surface area (Å²) in [6.07, 6.45) is 4.26. The molecule has 0 saturated heterocycles. The molecule has 0 fully saturated rings. The number of ketones is 1. The van der Waals surface area contributed by atoms with E-state index in [4.69, 9.17) is 0 Å². The number of nitro groups is 1. The molecule has 1 aliphatic rings. The molecule has 0 spiro atoms. The fraction of sp³-hybridized carbons (Fsp3) is 0.353. The summed E-state index contributed by atoms with van der Waals surface area (Å²) in [7, 11) is 0. The van der Waals surface area contributed by atoms with Gasteiger partial charge in [-0.3, -0.25) is 14.9 Å². The van der Waals surface area contributed by atoms with Crippen LogP contribution in [-0.4, -0.2) is 20.7 Å². The molecular weight excluding hydrogens is 326 g/mol. The third kappa shape index (κ3) is 3.31. The first kappa shape index (κ1) is 16.6. The number of carbonyl (C=O) groups excluding carboxylic acids is 1. The van der Waals surface area contributed by atoms with Crippen molar-refractivity contribution in [3.05, 3.63) is 50.8 Å². The molecule has 124 valence electrons. The van der Waals surface area contributed by atoms with Crippen LogP contribution in [0, 0.1) is 17.0 Å². The number of aromatic nitrogens is 2. The zero-order valence-electron chi connectivity index (χ0n) is 13.5. The Kier molecular flexibility index (Phi) is 4.62. The SMILES string of the molecule is CC(=O)c1cc([N+](=O)[O-])ccc1Sc1nc(C)c2c(n1)CCCC2. The maximum absolute atomic E-state index is 11.9.